The Labute approximate surface area is 179 Å². The summed E-state index contributed by atoms with van der Waals surface area (Å²) in [7, 11) is 0. The van der Waals surface area contributed by atoms with E-state index in [9.17, 15) is 13.6 Å². The van der Waals surface area contributed by atoms with Crippen LogP contribution in [0.15, 0.2) is 47.7 Å². The van der Waals surface area contributed by atoms with Gasteiger partial charge in [0.15, 0.2) is 0 Å². The number of rotatable bonds is 4. The van der Waals surface area contributed by atoms with Crippen LogP contribution in [-0.4, -0.2) is 32.3 Å². The molecule has 3 aromatic rings. The molecule has 1 aromatic carbocycles. The molecule has 2 heterocycles. The molecule has 0 aliphatic heterocycles. The first-order valence-corrected chi connectivity index (χ1v) is 9.73. The van der Waals surface area contributed by atoms with Crippen molar-refractivity contribution in [1.29, 1.82) is 5.26 Å². The summed E-state index contributed by atoms with van der Waals surface area (Å²) in [6, 6.07) is 10.1. The number of aromatic nitrogens is 3. The number of carbonyl (C=O) groups is 1. The molecule has 0 fully saturated rings. The van der Waals surface area contributed by atoms with Gasteiger partial charge in [-0.3, -0.25) is 14.5 Å². The van der Waals surface area contributed by atoms with Crippen LogP contribution < -0.4 is 0 Å². The van der Waals surface area contributed by atoms with Crippen molar-refractivity contribution in [3.63, 3.8) is 0 Å². The van der Waals surface area contributed by atoms with Crippen LogP contribution in [0.2, 0.25) is 0 Å². The molecule has 160 valence electrons. The van der Waals surface area contributed by atoms with Gasteiger partial charge in [-0.15, -0.1) is 0 Å². The Bertz CT molecular complexity index is 1190. The van der Waals surface area contributed by atoms with Crippen LogP contribution in [0, 0.1) is 11.3 Å². The number of fused-ring (bicyclic) bond motifs is 1. The highest BCUT2D eigenvalue weighted by atomic mass is 19.3. The molecule has 3 rings (SSSR count). The van der Waals surface area contributed by atoms with Gasteiger partial charge in [-0.2, -0.15) is 19.1 Å². The maximum absolute atomic E-state index is 13.5. The Morgan fingerprint density at radius 3 is 2.42 bits per heavy atom. The first kappa shape index (κ1) is 22.2. The second-order valence-electron chi connectivity index (χ2n) is 8.55. The summed E-state index contributed by atoms with van der Waals surface area (Å²) < 4.78 is 28.6. The number of alkyl halides is 2. The van der Waals surface area contributed by atoms with Crippen molar-refractivity contribution in [2.24, 2.45) is 4.99 Å². The molecule has 2 aromatic heterocycles. The predicted molar refractivity (Wildman–Crippen MR) is 114 cm³/mol. The third kappa shape index (κ3) is 4.66. The van der Waals surface area contributed by atoms with E-state index in [0.717, 1.165) is 5.69 Å². The zero-order valence-electron chi connectivity index (χ0n) is 18.0. The maximum Gasteiger partial charge on any atom is 0.324 e. The van der Waals surface area contributed by atoms with E-state index in [2.05, 4.69) is 21.1 Å². The zero-order chi connectivity index (χ0) is 23.0. The van der Waals surface area contributed by atoms with Gasteiger partial charge >= 0.3 is 11.8 Å². The van der Waals surface area contributed by atoms with Crippen molar-refractivity contribution in [1.82, 2.24) is 14.8 Å². The van der Waals surface area contributed by atoms with Crippen molar-refractivity contribution in [2.45, 2.75) is 52.0 Å². The van der Waals surface area contributed by atoms with Gasteiger partial charge in [0.25, 0.3) is 0 Å². The lowest BCUT2D eigenvalue weighted by molar-refractivity contribution is -0.139. The van der Waals surface area contributed by atoms with E-state index < -0.39 is 17.9 Å². The molecule has 0 saturated heterocycles. The smallest absolute Gasteiger partial charge is 0.266 e. The lowest BCUT2D eigenvalue weighted by Gasteiger charge is -2.22. The lowest BCUT2D eigenvalue weighted by Crippen LogP contribution is -2.27. The van der Waals surface area contributed by atoms with E-state index in [1.165, 1.54) is 6.92 Å². The third-order valence-electron chi connectivity index (χ3n) is 4.89. The van der Waals surface area contributed by atoms with Gasteiger partial charge in [-0.1, -0.05) is 26.8 Å². The normalized spacial score (nSPS) is 13.8. The average Bonchev–Trinajstić information content (AvgIpc) is 3.10. The van der Waals surface area contributed by atoms with E-state index in [1.54, 1.807) is 35.3 Å². The molecule has 0 saturated carbocycles. The van der Waals surface area contributed by atoms with E-state index >= 15 is 0 Å². The number of carbonyl (C=O) groups excluding carboxylic acids is 1. The minimum absolute atomic E-state index is 0.159. The molecule has 0 spiro atoms. The lowest BCUT2D eigenvalue weighted by atomic mass is 9.91. The SMILES string of the molecule is CC(=NC(=O)C(C)(F)F)[C@@H](c1ccc(C(C)(C)C)nc1)n1ncc2cc(C#N)ccc21. The summed E-state index contributed by atoms with van der Waals surface area (Å²) in [5.74, 6) is -5.09. The number of amides is 1. The van der Waals surface area contributed by atoms with Crippen molar-refractivity contribution >= 4 is 22.5 Å². The van der Waals surface area contributed by atoms with Gasteiger partial charge in [0.1, 0.15) is 6.04 Å². The van der Waals surface area contributed by atoms with Crippen LogP contribution in [0.3, 0.4) is 0 Å². The summed E-state index contributed by atoms with van der Waals surface area (Å²) in [5, 5.41) is 14.3. The first-order valence-electron chi connectivity index (χ1n) is 9.73. The fraction of sp³-hybridized carbons (Fsp3) is 0.348. The van der Waals surface area contributed by atoms with Gasteiger partial charge < -0.3 is 0 Å². The molecule has 0 bridgehead atoms. The van der Waals surface area contributed by atoms with Crippen molar-refractivity contribution in [2.75, 3.05) is 0 Å². The Hall–Kier alpha value is -3.47. The standard InChI is InChI=1S/C23H23F2N5O/c1-14(29-21(31)23(5,24)25)20(16-7-9-19(27-12-16)22(2,3)4)30-18-8-6-15(11-26)10-17(18)13-28-30/h6-10,12-13,20H,1-5H3/t20-/m0/s1. The highest BCUT2D eigenvalue weighted by Crippen LogP contribution is 2.28. The van der Waals surface area contributed by atoms with Crippen LogP contribution in [0.25, 0.3) is 10.9 Å². The van der Waals surface area contributed by atoms with Crippen LogP contribution in [0.1, 0.15) is 57.5 Å². The molecule has 1 atom stereocenters. The highest BCUT2D eigenvalue weighted by molar-refractivity contribution is 6.00. The Balaban J connectivity index is 2.17. The molecule has 0 N–H and O–H groups in total. The van der Waals surface area contributed by atoms with Gasteiger partial charge in [-0.25, -0.2) is 4.99 Å². The summed E-state index contributed by atoms with van der Waals surface area (Å²) in [6.07, 6.45) is 3.24. The Morgan fingerprint density at radius 1 is 1.16 bits per heavy atom. The molecule has 1 amide bonds. The number of nitrogens with zero attached hydrogens (tertiary/aromatic N) is 5. The van der Waals surface area contributed by atoms with E-state index in [4.69, 9.17) is 5.26 Å². The molecule has 8 heteroatoms. The summed E-state index contributed by atoms with van der Waals surface area (Å²) in [6.45, 7) is 8.15. The van der Waals surface area contributed by atoms with Gasteiger partial charge in [0.2, 0.25) is 0 Å². The quantitative estimate of drug-likeness (QED) is 0.563. The molecule has 6 nitrogen and oxygen atoms in total. The fourth-order valence-corrected chi connectivity index (χ4v) is 3.22. The second kappa shape index (κ2) is 7.99. The van der Waals surface area contributed by atoms with Crippen molar-refractivity contribution in [3.05, 3.63) is 59.5 Å². The topological polar surface area (TPSA) is 83.9 Å². The highest BCUT2D eigenvalue weighted by Gasteiger charge is 2.33. The van der Waals surface area contributed by atoms with Gasteiger partial charge in [-0.05, 0) is 31.2 Å². The average molecular weight is 423 g/mol. The number of benzene rings is 1. The predicted octanol–water partition coefficient (Wildman–Crippen LogP) is 4.83. The van der Waals surface area contributed by atoms with Crippen molar-refractivity contribution < 1.29 is 13.6 Å². The number of nitriles is 1. The molecule has 0 radical (unpaired) electrons. The third-order valence-corrected chi connectivity index (χ3v) is 4.89. The summed E-state index contributed by atoms with van der Waals surface area (Å²) >= 11 is 0. The maximum atomic E-state index is 13.5. The number of hydrogen-bond acceptors (Lipinski definition) is 4. The Kier molecular flexibility index (Phi) is 5.72. The molecule has 31 heavy (non-hydrogen) atoms. The molecular formula is C23H23F2N5O. The zero-order valence-corrected chi connectivity index (χ0v) is 18.0. The van der Waals surface area contributed by atoms with Crippen LogP contribution >= 0.6 is 0 Å². The summed E-state index contributed by atoms with van der Waals surface area (Å²) in [5.41, 5.74) is 2.66. The second-order valence-corrected chi connectivity index (χ2v) is 8.55. The first-order chi connectivity index (χ1) is 14.4. The molecule has 0 unspecified atom stereocenters. The molecular weight excluding hydrogens is 400 g/mol. The number of halogens is 2. The van der Waals surface area contributed by atoms with E-state index in [0.29, 0.717) is 29.0 Å². The van der Waals surface area contributed by atoms with Crippen LogP contribution in [0.4, 0.5) is 8.78 Å². The Morgan fingerprint density at radius 2 is 1.87 bits per heavy atom. The van der Waals surface area contributed by atoms with Crippen LogP contribution in [-0.2, 0) is 10.2 Å². The minimum Gasteiger partial charge on any atom is -0.266 e. The van der Waals surface area contributed by atoms with Crippen LogP contribution in [0.5, 0.6) is 0 Å². The summed E-state index contributed by atoms with van der Waals surface area (Å²) in [4.78, 5) is 20.1. The van der Waals surface area contributed by atoms with Crippen molar-refractivity contribution in [3.8, 4) is 6.07 Å². The number of hydrogen-bond donors (Lipinski definition) is 0. The number of aliphatic imine (C=N–C) groups is 1. The number of pyridine rings is 1. The van der Waals surface area contributed by atoms with Gasteiger partial charge in [0.05, 0.1) is 23.3 Å². The minimum atomic E-state index is -3.58. The van der Waals surface area contributed by atoms with E-state index in [-0.39, 0.29) is 11.1 Å². The van der Waals surface area contributed by atoms with Gasteiger partial charge in [0, 0.05) is 40.9 Å². The fourth-order valence-electron chi connectivity index (χ4n) is 3.22. The van der Waals surface area contributed by atoms with E-state index in [1.807, 2.05) is 32.9 Å². The monoisotopic (exact) mass is 423 g/mol. The molecule has 0 aliphatic rings. The largest absolute Gasteiger partial charge is 0.324 e. The molecule has 0 aliphatic carbocycles.